The van der Waals surface area contributed by atoms with Gasteiger partial charge in [-0.25, -0.2) is 0 Å². The normalized spacial score (nSPS) is 16.0. The maximum atomic E-state index is 12.2. The Morgan fingerprint density at radius 1 is 1.12 bits per heavy atom. The highest BCUT2D eigenvalue weighted by atomic mass is 32.2. The first kappa shape index (κ1) is 16.1. The van der Waals surface area contributed by atoms with Crippen molar-refractivity contribution in [2.75, 3.05) is 10.6 Å². The fourth-order valence-electron chi connectivity index (χ4n) is 2.33. The van der Waals surface area contributed by atoms with Crippen molar-refractivity contribution in [2.45, 2.75) is 16.6 Å². The van der Waals surface area contributed by atoms with E-state index < -0.39 is 11.2 Å². The van der Waals surface area contributed by atoms with Crippen LogP contribution in [0.1, 0.15) is 16.8 Å². The average molecular weight is 341 g/mol. The number of hydrogen-bond donors (Lipinski definition) is 3. The van der Waals surface area contributed by atoms with Gasteiger partial charge >= 0.3 is 0 Å². The first-order valence-corrected chi connectivity index (χ1v) is 8.17. The third-order valence-corrected chi connectivity index (χ3v) is 4.81. The Labute approximate surface area is 142 Å². The molecule has 0 unspecified atom stereocenters. The highest BCUT2D eigenvalue weighted by Crippen LogP contribution is 2.36. The lowest BCUT2D eigenvalue weighted by molar-refractivity contribution is -0.120. The molecule has 0 bridgehead atoms. The standard InChI is InChI=1S/C17H15N3O3S/c18-16(22)10-5-7-11(8-6-10)19-15(21)9-14-17(23)20-12-3-1-2-4-13(12)24-14/h1-8,14H,9H2,(H2,18,22)(H,19,21)(H,20,23)/t14-/m1/s1. The quantitative estimate of drug-likeness (QED) is 0.793. The van der Waals surface area contributed by atoms with Crippen LogP contribution >= 0.6 is 11.8 Å². The van der Waals surface area contributed by atoms with Crippen LogP contribution in [0.4, 0.5) is 11.4 Å². The van der Waals surface area contributed by atoms with Crippen LogP contribution < -0.4 is 16.4 Å². The van der Waals surface area contributed by atoms with Crippen molar-refractivity contribution >= 4 is 40.9 Å². The van der Waals surface area contributed by atoms with Crippen molar-refractivity contribution in [3.63, 3.8) is 0 Å². The second-order valence-electron chi connectivity index (χ2n) is 5.29. The number of primary amides is 1. The van der Waals surface area contributed by atoms with Crippen molar-refractivity contribution in [3.8, 4) is 0 Å². The minimum atomic E-state index is -0.526. The summed E-state index contributed by atoms with van der Waals surface area (Å²) in [6, 6.07) is 13.8. The van der Waals surface area contributed by atoms with Crippen LogP contribution in [-0.4, -0.2) is 23.0 Å². The van der Waals surface area contributed by atoms with Gasteiger partial charge < -0.3 is 16.4 Å². The highest BCUT2D eigenvalue weighted by Gasteiger charge is 2.28. The van der Waals surface area contributed by atoms with E-state index in [2.05, 4.69) is 10.6 Å². The first-order valence-electron chi connectivity index (χ1n) is 7.29. The van der Waals surface area contributed by atoms with Gasteiger partial charge in [-0.3, -0.25) is 14.4 Å². The molecule has 24 heavy (non-hydrogen) atoms. The summed E-state index contributed by atoms with van der Waals surface area (Å²) >= 11 is 1.38. The summed E-state index contributed by atoms with van der Waals surface area (Å²) in [6.45, 7) is 0. The minimum Gasteiger partial charge on any atom is -0.366 e. The van der Waals surface area contributed by atoms with Gasteiger partial charge in [0.25, 0.3) is 0 Å². The summed E-state index contributed by atoms with van der Waals surface area (Å²) in [4.78, 5) is 36.2. The van der Waals surface area contributed by atoms with E-state index in [1.807, 2.05) is 24.3 Å². The van der Waals surface area contributed by atoms with Gasteiger partial charge in [-0.15, -0.1) is 11.8 Å². The lowest BCUT2D eigenvalue weighted by atomic mass is 10.2. The van der Waals surface area contributed by atoms with E-state index in [1.54, 1.807) is 12.1 Å². The number of thioether (sulfide) groups is 1. The molecule has 0 fully saturated rings. The van der Waals surface area contributed by atoms with Crippen molar-refractivity contribution in [1.82, 2.24) is 0 Å². The van der Waals surface area contributed by atoms with Crippen molar-refractivity contribution in [3.05, 3.63) is 54.1 Å². The number of para-hydroxylation sites is 1. The zero-order valence-corrected chi connectivity index (χ0v) is 13.4. The number of fused-ring (bicyclic) bond motifs is 1. The number of nitrogens with one attached hydrogen (secondary N) is 2. The molecule has 0 spiro atoms. The van der Waals surface area contributed by atoms with E-state index in [0.717, 1.165) is 10.6 Å². The first-order chi connectivity index (χ1) is 11.5. The molecule has 6 nitrogen and oxygen atoms in total. The van der Waals surface area contributed by atoms with Crippen molar-refractivity contribution in [1.29, 1.82) is 0 Å². The van der Waals surface area contributed by atoms with Crippen LogP contribution in [0.5, 0.6) is 0 Å². The number of benzene rings is 2. The van der Waals surface area contributed by atoms with E-state index in [0.29, 0.717) is 11.3 Å². The molecule has 1 atom stereocenters. The summed E-state index contributed by atoms with van der Waals surface area (Å²) < 4.78 is 0. The lowest BCUT2D eigenvalue weighted by Crippen LogP contribution is -2.32. The molecule has 1 aliphatic heterocycles. The third-order valence-electron chi connectivity index (χ3n) is 3.53. The van der Waals surface area contributed by atoms with Gasteiger partial charge in [-0.2, -0.15) is 0 Å². The molecule has 3 amide bonds. The van der Waals surface area contributed by atoms with E-state index in [1.165, 1.54) is 23.9 Å². The van der Waals surface area contributed by atoms with Gasteiger partial charge in [0.05, 0.1) is 10.9 Å². The van der Waals surface area contributed by atoms with Crippen LogP contribution in [0.25, 0.3) is 0 Å². The maximum absolute atomic E-state index is 12.2. The monoisotopic (exact) mass is 341 g/mol. The van der Waals surface area contributed by atoms with Crippen LogP contribution in [-0.2, 0) is 9.59 Å². The molecule has 0 radical (unpaired) electrons. The number of rotatable bonds is 4. The molecule has 1 aliphatic rings. The van der Waals surface area contributed by atoms with E-state index in [4.69, 9.17) is 5.73 Å². The number of hydrogen-bond acceptors (Lipinski definition) is 4. The Morgan fingerprint density at radius 3 is 2.54 bits per heavy atom. The Balaban J connectivity index is 1.63. The summed E-state index contributed by atoms with van der Waals surface area (Å²) in [6.07, 6.45) is 0.0579. The molecule has 0 aromatic heterocycles. The Kier molecular flexibility index (Phi) is 4.52. The smallest absolute Gasteiger partial charge is 0.248 e. The van der Waals surface area contributed by atoms with Gasteiger partial charge in [-0.05, 0) is 36.4 Å². The number of anilines is 2. The fraction of sp³-hybridized carbons (Fsp3) is 0.118. The Bertz CT molecular complexity index is 805. The van der Waals surface area contributed by atoms with Gasteiger partial charge in [0.15, 0.2) is 0 Å². The predicted molar refractivity (Wildman–Crippen MR) is 92.9 cm³/mol. The van der Waals surface area contributed by atoms with Crippen LogP contribution in [0.15, 0.2) is 53.4 Å². The molecule has 122 valence electrons. The molecule has 2 aromatic rings. The van der Waals surface area contributed by atoms with Gasteiger partial charge in [0.1, 0.15) is 0 Å². The molecule has 4 N–H and O–H groups in total. The van der Waals surface area contributed by atoms with Crippen LogP contribution in [0, 0.1) is 0 Å². The molecule has 3 rings (SSSR count). The number of carbonyl (C=O) groups excluding carboxylic acids is 3. The zero-order chi connectivity index (χ0) is 17.1. The maximum Gasteiger partial charge on any atom is 0.248 e. The summed E-state index contributed by atoms with van der Waals surface area (Å²) in [5.41, 5.74) is 6.85. The van der Waals surface area contributed by atoms with Gasteiger partial charge in [0.2, 0.25) is 17.7 Å². The number of nitrogens with two attached hydrogens (primary N) is 1. The van der Waals surface area contributed by atoms with Crippen molar-refractivity contribution in [2.24, 2.45) is 5.73 Å². The fourth-order valence-corrected chi connectivity index (χ4v) is 3.44. The molecular formula is C17H15N3O3S. The summed E-state index contributed by atoms with van der Waals surface area (Å²) in [5, 5.41) is 5.04. The lowest BCUT2D eigenvalue weighted by Gasteiger charge is -2.23. The molecule has 0 saturated carbocycles. The Morgan fingerprint density at radius 2 is 1.83 bits per heavy atom. The summed E-state index contributed by atoms with van der Waals surface area (Å²) in [5.74, 6) is -0.978. The zero-order valence-electron chi connectivity index (χ0n) is 12.6. The highest BCUT2D eigenvalue weighted by molar-refractivity contribution is 8.01. The molecule has 7 heteroatoms. The van der Waals surface area contributed by atoms with Crippen LogP contribution in [0.2, 0.25) is 0 Å². The molecule has 1 heterocycles. The topological polar surface area (TPSA) is 101 Å². The van der Waals surface area contributed by atoms with Crippen molar-refractivity contribution < 1.29 is 14.4 Å². The molecule has 2 aromatic carbocycles. The van der Waals surface area contributed by atoms with Gasteiger partial charge in [-0.1, -0.05) is 12.1 Å². The average Bonchev–Trinajstić information content (AvgIpc) is 2.56. The summed E-state index contributed by atoms with van der Waals surface area (Å²) in [7, 11) is 0. The van der Waals surface area contributed by atoms with E-state index in [-0.39, 0.29) is 18.2 Å². The predicted octanol–water partition coefficient (Wildman–Crippen LogP) is 2.23. The largest absolute Gasteiger partial charge is 0.366 e. The molecule has 0 saturated heterocycles. The van der Waals surface area contributed by atoms with E-state index in [9.17, 15) is 14.4 Å². The van der Waals surface area contributed by atoms with Gasteiger partial charge in [0, 0.05) is 22.6 Å². The van der Waals surface area contributed by atoms with E-state index >= 15 is 0 Å². The second-order valence-corrected chi connectivity index (χ2v) is 6.53. The number of amides is 3. The second kappa shape index (κ2) is 6.76. The number of carbonyl (C=O) groups is 3. The third kappa shape index (κ3) is 3.57. The minimum absolute atomic E-state index is 0.0579. The Hall–Kier alpha value is -2.80. The SMILES string of the molecule is NC(=O)c1ccc(NC(=O)C[C@H]2Sc3ccccc3NC2=O)cc1. The molecule has 0 aliphatic carbocycles. The molecular weight excluding hydrogens is 326 g/mol. The van der Waals surface area contributed by atoms with Crippen LogP contribution in [0.3, 0.4) is 0 Å².